The average molecular weight is 480 g/mol. The summed E-state index contributed by atoms with van der Waals surface area (Å²) in [4.78, 5) is 16.9. The van der Waals surface area contributed by atoms with E-state index in [1.54, 1.807) is 41.3 Å². The molecular weight excluding hydrogens is 459 g/mol. The van der Waals surface area contributed by atoms with Gasteiger partial charge in [-0.15, -0.1) is 0 Å². The molecule has 0 aliphatic carbocycles. The highest BCUT2D eigenvalue weighted by Crippen LogP contribution is 2.26. The molecule has 0 unspecified atom stereocenters. The standard InChI is InChI=1S/C23H21Cl3N2O3/c24-16-4-6-17(7-5-16)30-15-18-8-9-22(31-18)23(29)28-12-10-27(11-13-28)14-19-20(25)2-1-3-21(19)26/h1-9H,10-15H2. The Morgan fingerprint density at radius 1 is 0.903 bits per heavy atom. The second-order valence-electron chi connectivity index (χ2n) is 7.28. The minimum atomic E-state index is -0.117. The number of carbonyl (C=O) groups is 1. The molecule has 1 saturated heterocycles. The number of ether oxygens (including phenoxy) is 1. The summed E-state index contributed by atoms with van der Waals surface area (Å²) in [5.41, 5.74) is 0.918. The van der Waals surface area contributed by atoms with E-state index >= 15 is 0 Å². The molecule has 0 saturated carbocycles. The van der Waals surface area contributed by atoms with Crippen LogP contribution in [0, 0.1) is 0 Å². The van der Waals surface area contributed by atoms with Gasteiger partial charge in [-0.1, -0.05) is 40.9 Å². The van der Waals surface area contributed by atoms with Gasteiger partial charge in [-0.3, -0.25) is 9.69 Å². The molecule has 2 heterocycles. The van der Waals surface area contributed by atoms with Crippen LogP contribution in [0.1, 0.15) is 21.9 Å². The number of nitrogens with zero attached hydrogens (tertiary/aromatic N) is 2. The van der Waals surface area contributed by atoms with Gasteiger partial charge in [0.2, 0.25) is 0 Å². The molecule has 162 valence electrons. The fraction of sp³-hybridized carbons (Fsp3) is 0.261. The van der Waals surface area contributed by atoms with Crippen molar-refractivity contribution in [3.8, 4) is 5.75 Å². The Bertz CT molecular complexity index is 1020. The van der Waals surface area contributed by atoms with Crippen molar-refractivity contribution in [1.82, 2.24) is 9.80 Å². The molecular formula is C23H21Cl3N2O3. The molecule has 0 radical (unpaired) electrons. The Labute approximate surface area is 196 Å². The first-order valence-electron chi connectivity index (χ1n) is 9.91. The maximum atomic E-state index is 12.8. The SMILES string of the molecule is O=C(c1ccc(COc2ccc(Cl)cc2)o1)N1CCN(Cc2c(Cl)cccc2Cl)CC1. The molecule has 0 atom stereocenters. The Morgan fingerprint density at radius 3 is 2.26 bits per heavy atom. The highest BCUT2D eigenvalue weighted by Gasteiger charge is 2.25. The second kappa shape index (κ2) is 9.96. The van der Waals surface area contributed by atoms with Crippen LogP contribution in [0.3, 0.4) is 0 Å². The zero-order valence-electron chi connectivity index (χ0n) is 16.7. The van der Waals surface area contributed by atoms with Gasteiger partial charge in [-0.25, -0.2) is 0 Å². The van der Waals surface area contributed by atoms with Gasteiger partial charge in [-0.2, -0.15) is 0 Å². The molecule has 0 spiro atoms. The number of benzene rings is 2. The minimum absolute atomic E-state index is 0.117. The number of furan rings is 1. The minimum Gasteiger partial charge on any atom is -0.486 e. The second-order valence-corrected chi connectivity index (χ2v) is 8.53. The molecule has 3 aromatic rings. The summed E-state index contributed by atoms with van der Waals surface area (Å²) in [5.74, 6) is 1.47. The quantitative estimate of drug-likeness (QED) is 0.450. The largest absolute Gasteiger partial charge is 0.486 e. The Morgan fingerprint density at radius 2 is 1.58 bits per heavy atom. The summed E-state index contributed by atoms with van der Waals surface area (Å²) in [6, 6.07) is 16.1. The van der Waals surface area contributed by atoms with Crippen molar-refractivity contribution in [2.75, 3.05) is 26.2 Å². The van der Waals surface area contributed by atoms with Crippen LogP contribution in [0.4, 0.5) is 0 Å². The van der Waals surface area contributed by atoms with Crippen LogP contribution < -0.4 is 4.74 Å². The first-order chi connectivity index (χ1) is 15.0. The molecule has 1 aliphatic heterocycles. The molecule has 0 bridgehead atoms. The van der Waals surface area contributed by atoms with Gasteiger partial charge in [0, 0.05) is 53.4 Å². The van der Waals surface area contributed by atoms with Crippen LogP contribution in [0.25, 0.3) is 0 Å². The van der Waals surface area contributed by atoms with Gasteiger partial charge < -0.3 is 14.1 Å². The first kappa shape index (κ1) is 22.0. The normalized spacial score (nSPS) is 14.6. The Balaban J connectivity index is 1.29. The van der Waals surface area contributed by atoms with Gasteiger partial charge >= 0.3 is 0 Å². The maximum absolute atomic E-state index is 12.8. The van der Waals surface area contributed by atoms with E-state index in [0.717, 1.165) is 18.7 Å². The number of piperazine rings is 1. The Kier molecular flexibility index (Phi) is 7.08. The predicted octanol–water partition coefficient (Wildman–Crippen LogP) is 5.78. The van der Waals surface area contributed by atoms with Crippen molar-refractivity contribution >= 4 is 40.7 Å². The number of halogens is 3. The maximum Gasteiger partial charge on any atom is 0.289 e. The van der Waals surface area contributed by atoms with Gasteiger partial charge in [-0.05, 0) is 48.5 Å². The van der Waals surface area contributed by atoms with Crippen molar-refractivity contribution < 1.29 is 13.9 Å². The number of amides is 1. The van der Waals surface area contributed by atoms with E-state index in [1.165, 1.54) is 0 Å². The molecule has 31 heavy (non-hydrogen) atoms. The summed E-state index contributed by atoms with van der Waals surface area (Å²) < 4.78 is 11.4. The van der Waals surface area contributed by atoms with Gasteiger partial charge in [0.25, 0.3) is 5.91 Å². The molecule has 1 fully saturated rings. The summed E-state index contributed by atoms with van der Waals surface area (Å²) in [5, 5.41) is 1.97. The number of carbonyl (C=O) groups excluding carboxylic acids is 1. The third-order valence-electron chi connectivity index (χ3n) is 5.17. The zero-order valence-corrected chi connectivity index (χ0v) is 19.0. The fourth-order valence-corrected chi connectivity index (χ4v) is 4.07. The third kappa shape index (κ3) is 5.55. The molecule has 0 N–H and O–H groups in total. The van der Waals surface area contributed by atoms with Crippen LogP contribution >= 0.6 is 34.8 Å². The lowest BCUT2D eigenvalue weighted by Gasteiger charge is -2.34. The molecule has 2 aromatic carbocycles. The van der Waals surface area contributed by atoms with Gasteiger partial charge in [0.05, 0.1) is 0 Å². The number of hydrogen-bond acceptors (Lipinski definition) is 4. The predicted molar refractivity (Wildman–Crippen MR) is 122 cm³/mol. The van der Waals surface area contributed by atoms with Crippen molar-refractivity contribution in [1.29, 1.82) is 0 Å². The highest BCUT2D eigenvalue weighted by molar-refractivity contribution is 6.36. The van der Waals surface area contributed by atoms with Crippen LogP contribution in [0.5, 0.6) is 5.75 Å². The third-order valence-corrected chi connectivity index (χ3v) is 6.13. The molecule has 1 amide bonds. The average Bonchev–Trinajstić information content (AvgIpc) is 3.25. The molecule has 1 aliphatic rings. The van der Waals surface area contributed by atoms with Crippen molar-refractivity contribution in [2.24, 2.45) is 0 Å². The zero-order chi connectivity index (χ0) is 21.8. The fourth-order valence-electron chi connectivity index (χ4n) is 3.43. The van der Waals surface area contributed by atoms with Gasteiger partial charge in [0.1, 0.15) is 18.1 Å². The number of rotatable bonds is 6. The smallest absolute Gasteiger partial charge is 0.289 e. The van der Waals surface area contributed by atoms with Crippen LogP contribution in [0.15, 0.2) is 59.0 Å². The summed E-state index contributed by atoms with van der Waals surface area (Å²) in [7, 11) is 0. The summed E-state index contributed by atoms with van der Waals surface area (Å²) in [6.45, 7) is 3.59. The lowest BCUT2D eigenvalue weighted by molar-refractivity contribution is 0.0594. The van der Waals surface area contributed by atoms with E-state index in [-0.39, 0.29) is 12.5 Å². The molecule has 5 nitrogen and oxygen atoms in total. The lowest BCUT2D eigenvalue weighted by Crippen LogP contribution is -2.48. The van der Waals surface area contributed by atoms with E-state index in [0.29, 0.717) is 52.0 Å². The van der Waals surface area contributed by atoms with E-state index in [9.17, 15) is 4.79 Å². The van der Waals surface area contributed by atoms with Crippen LogP contribution in [0.2, 0.25) is 15.1 Å². The highest BCUT2D eigenvalue weighted by atomic mass is 35.5. The van der Waals surface area contributed by atoms with E-state index < -0.39 is 0 Å². The summed E-state index contributed by atoms with van der Waals surface area (Å²) in [6.07, 6.45) is 0. The van der Waals surface area contributed by atoms with Crippen molar-refractivity contribution in [3.63, 3.8) is 0 Å². The van der Waals surface area contributed by atoms with Crippen molar-refractivity contribution in [2.45, 2.75) is 13.2 Å². The first-order valence-corrected chi connectivity index (χ1v) is 11.0. The lowest BCUT2D eigenvalue weighted by atomic mass is 10.2. The van der Waals surface area contributed by atoms with E-state index in [1.807, 2.05) is 18.2 Å². The number of hydrogen-bond donors (Lipinski definition) is 0. The van der Waals surface area contributed by atoms with Crippen LogP contribution in [-0.4, -0.2) is 41.9 Å². The molecule has 4 rings (SSSR count). The van der Waals surface area contributed by atoms with E-state index in [4.69, 9.17) is 44.0 Å². The van der Waals surface area contributed by atoms with E-state index in [2.05, 4.69) is 4.90 Å². The Hall–Kier alpha value is -2.18. The van der Waals surface area contributed by atoms with Gasteiger partial charge in [0.15, 0.2) is 5.76 Å². The van der Waals surface area contributed by atoms with Crippen molar-refractivity contribution in [3.05, 3.63) is 86.7 Å². The van der Waals surface area contributed by atoms with Crippen LogP contribution in [-0.2, 0) is 13.2 Å². The monoisotopic (exact) mass is 478 g/mol. The topological polar surface area (TPSA) is 45.9 Å². The molecule has 8 heteroatoms. The molecule has 1 aromatic heterocycles. The summed E-state index contributed by atoms with van der Waals surface area (Å²) >= 11 is 18.4.